The first-order valence-electron chi connectivity index (χ1n) is 27.0. The third-order valence-electron chi connectivity index (χ3n) is 16.8. The van der Waals surface area contributed by atoms with Crippen molar-refractivity contribution in [2.45, 2.75) is 19.3 Å². The first-order valence-corrected chi connectivity index (χ1v) is 27.0. The second kappa shape index (κ2) is 17.8. The minimum atomic E-state index is -0.305. The molecule has 0 heterocycles. The van der Waals surface area contributed by atoms with Gasteiger partial charge in [0.25, 0.3) is 0 Å². The summed E-state index contributed by atoms with van der Waals surface area (Å²) in [6.45, 7) is 4.89. The molecule has 0 saturated heterocycles. The van der Waals surface area contributed by atoms with Crippen molar-refractivity contribution in [3.05, 3.63) is 290 Å². The molecule has 0 atom stereocenters. The second-order valence-electron chi connectivity index (χ2n) is 21.4. The maximum absolute atomic E-state index is 2.56. The maximum Gasteiger partial charge on any atom is 0.0159 e. The molecule has 1 aliphatic carbocycles. The van der Waals surface area contributed by atoms with E-state index in [1.165, 1.54) is 154 Å². The van der Waals surface area contributed by atoms with E-state index >= 15 is 0 Å². The van der Waals surface area contributed by atoms with Gasteiger partial charge in [0.05, 0.1) is 0 Å². The van der Waals surface area contributed by atoms with Crippen molar-refractivity contribution in [1.29, 1.82) is 0 Å². The van der Waals surface area contributed by atoms with Crippen LogP contribution < -0.4 is 0 Å². The van der Waals surface area contributed by atoms with Crippen LogP contribution in [-0.4, -0.2) is 0 Å². The molecule has 14 aromatic carbocycles. The molecule has 0 amide bonds. The molecule has 0 radical (unpaired) electrons. The molecule has 0 spiro atoms. The fourth-order valence-corrected chi connectivity index (χ4v) is 13.3. The summed E-state index contributed by atoms with van der Waals surface area (Å²) in [4.78, 5) is 0. The third kappa shape index (κ3) is 7.13. The molecular formula is C77H52. The van der Waals surface area contributed by atoms with E-state index in [9.17, 15) is 0 Å². The van der Waals surface area contributed by atoms with Crippen LogP contribution in [0.3, 0.4) is 0 Å². The number of hydrogen-bond donors (Lipinski definition) is 0. The van der Waals surface area contributed by atoms with Gasteiger partial charge in [-0.15, -0.1) is 0 Å². The van der Waals surface area contributed by atoms with E-state index < -0.39 is 0 Å². The fraction of sp³-hybridized carbons (Fsp3) is 0.0390. The average Bonchev–Trinajstić information content (AvgIpc) is 3.95. The lowest BCUT2D eigenvalue weighted by Gasteiger charge is -2.25. The minimum absolute atomic E-state index is 0.305. The Balaban J connectivity index is 0.920. The summed E-state index contributed by atoms with van der Waals surface area (Å²) in [5, 5.41) is 12.6. The Morgan fingerprint density at radius 3 is 0.974 bits per heavy atom. The SMILES string of the molecule is CC1(C)c2cc(-c3c4ccccc4c(-c4cc(-c5ccccc5)cc(-c5ccccc5)c4)c4ccccc34)ccc2-c2c1cc(-c1c3ccccc3c(-c3cccc(-c4ccccc4)c3)c3ccccc13)c1ccccc21. The van der Waals surface area contributed by atoms with Gasteiger partial charge in [-0.05, 0) is 190 Å². The van der Waals surface area contributed by atoms with Crippen molar-refractivity contribution in [3.63, 3.8) is 0 Å². The highest BCUT2D eigenvalue weighted by Crippen LogP contribution is 2.56. The quantitative estimate of drug-likeness (QED) is 0.140. The fourth-order valence-electron chi connectivity index (χ4n) is 13.3. The predicted octanol–water partition coefficient (Wildman–Crippen LogP) is 21.4. The van der Waals surface area contributed by atoms with Crippen LogP contribution in [0.2, 0.25) is 0 Å². The molecule has 15 rings (SSSR count). The summed E-state index contributed by atoms with van der Waals surface area (Å²) in [5.41, 5.74) is 22.4. The van der Waals surface area contributed by atoms with E-state index in [-0.39, 0.29) is 5.41 Å². The largest absolute Gasteiger partial charge is 0.0622 e. The van der Waals surface area contributed by atoms with Gasteiger partial charge in [0, 0.05) is 5.41 Å². The summed E-state index contributed by atoms with van der Waals surface area (Å²) < 4.78 is 0. The number of hydrogen-bond acceptors (Lipinski definition) is 0. The summed E-state index contributed by atoms with van der Waals surface area (Å²) >= 11 is 0. The van der Waals surface area contributed by atoms with Crippen molar-refractivity contribution in [3.8, 4) is 89.0 Å². The molecule has 0 N–H and O–H groups in total. The predicted molar refractivity (Wildman–Crippen MR) is 330 cm³/mol. The summed E-state index contributed by atoms with van der Waals surface area (Å²) in [5.74, 6) is 0. The van der Waals surface area contributed by atoms with Crippen LogP contribution in [0.5, 0.6) is 0 Å². The molecule has 1 aliphatic rings. The topological polar surface area (TPSA) is 0 Å². The monoisotopic (exact) mass is 976 g/mol. The number of fused-ring (bicyclic) bond motifs is 9. The highest BCUT2D eigenvalue weighted by atomic mass is 14.4. The molecule has 0 heteroatoms. The molecule has 0 aromatic heterocycles. The minimum Gasteiger partial charge on any atom is -0.0622 e. The Kier molecular flexibility index (Phi) is 10.3. The second-order valence-corrected chi connectivity index (χ2v) is 21.4. The molecule has 0 nitrogen and oxygen atoms in total. The molecule has 77 heavy (non-hydrogen) atoms. The Labute approximate surface area is 449 Å². The summed E-state index contributed by atoms with van der Waals surface area (Å²) in [6.07, 6.45) is 0. The van der Waals surface area contributed by atoms with Gasteiger partial charge < -0.3 is 0 Å². The highest BCUT2D eigenvalue weighted by Gasteiger charge is 2.38. The zero-order valence-electron chi connectivity index (χ0n) is 43.1. The van der Waals surface area contributed by atoms with Gasteiger partial charge in [0.1, 0.15) is 0 Å². The lowest BCUT2D eigenvalue weighted by atomic mass is 9.78. The van der Waals surface area contributed by atoms with Crippen LogP contribution in [-0.2, 0) is 5.41 Å². The van der Waals surface area contributed by atoms with E-state index in [4.69, 9.17) is 0 Å². The molecule has 0 saturated carbocycles. The summed E-state index contributed by atoms with van der Waals surface area (Å²) in [6, 6.07) is 104. The van der Waals surface area contributed by atoms with Crippen LogP contribution in [0.1, 0.15) is 25.0 Å². The zero-order valence-corrected chi connectivity index (χ0v) is 43.1. The van der Waals surface area contributed by atoms with Gasteiger partial charge in [0.15, 0.2) is 0 Å². The molecule has 0 bridgehead atoms. The smallest absolute Gasteiger partial charge is 0.0159 e. The molecular weight excluding hydrogens is 925 g/mol. The van der Waals surface area contributed by atoms with Crippen LogP contribution >= 0.6 is 0 Å². The van der Waals surface area contributed by atoms with E-state index in [1.807, 2.05) is 0 Å². The van der Waals surface area contributed by atoms with Gasteiger partial charge in [-0.25, -0.2) is 0 Å². The van der Waals surface area contributed by atoms with E-state index in [0.29, 0.717) is 0 Å². The first kappa shape index (κ1) is 44.8. The van der Waals surface area contributed by atoms with Gasteiger partial charge in [-0.3, -0.25) is 0 Å². The summed E-state index contributed by atoms with van der Waals surface area (Å²) in [7, 11) is 0. The van der Waals surface area contributed by atoms with Crippen molar-refractivity contribution in [1.82, 2.24) is 0 Å². The molecule has 0 aliphatic heterocycles. The van der Waals surface area contributed by atoms with Gasteiger partial charge >= 0.3 is 0 Å². The van der Waals surface area contributed by atoms with Gasteiger partial charge in [-0.2, -0.15) is 0 Å². The normalized spacial score (nSPS) is 12.6. The van der Waals surface area contributed by atoms with E-state index in [0.717, 1.165) is 0 Å². The van der Waals surface area contributed by atoms with Gasteiger partial charge in [0.2, 0.25) is 0 Å². The van der Waals surface area contributed by atoms with Crippen LogP contribution in [0.4, 0.5) is 0 Å². The van der Waals surface area contributed by atoms with Crippen LogP contribution in [0.15, 0.2) is 279 Å². The standard InChI is InChI=1S/C77H52/c1-77(2)70-47-54(73-60-33-14-16-35-62(60)74(63-36-17-15-34-61(63)73)57-45-55(50-25-8-4-9-26-50)44-56(46-57)51-27-10-5-11-28-51)41-42-68(70)76-59-32-13-12-31-58(59)69(48-71(76)77)75-66-39-20-18-37-64(66)72(65-38-19-21-40-67(65)75)53-30-22-29-52(43-53)49-23-6-3-7-24-49/h3-48H,1-2H3. The maximum atomic E-state index is 2.56. The average molecular weight is 977 g/mol. The zero-order chi connectivity index (χ0) is 51.2. The van der Waals surface area contributed by atoms with Crippen LogP contribution in [0, 0.1) is 0 Å². The van der Waals surface area contributed by atoms with Crippen molar-refractivity contribution < 1.29 is 0 Å². The lowest BCUT2D eigenvalue weighted by Crippen LogP contribution is -2.15. The van der Waals surface area contributed by atoms with Crippen LogP contribution in [0.25, 0.3) is 143 Å². The lowest BCUT2D eigenvalue weighted by molar-refractivity contribution is 0.661. The van der Waals surface area contributed by atoms with Crippen molar-refractivity contribution in [2.75, 3.05) is 0 Å². The molecule has 14 aromatic rings. The van der Waals surface area contributed by atoms with Gasteiger partial charge in [-0.1, -0.05) is 257 Å². The third-order valence-corrected chi connectivity index (χ3v) is 16.8. The highest BCUT2D eigenvalue weighted by molar-refractivity contribution is 6.25. The molecule has 360 valence electrons. The molecule has 0 unspecified atom stereocenters. The first-order chi connectivity index (χ1) is 38.0. The van der Waals surface area contributed by atoms with Crippen molar-refractivity contribution in [2.24, 2.45) is 0 Å². The molecule has 0 fully saturated rings. The van der Waals surface area contributed by atoms with E-state index in [2.05, 4.69) is 293 Å². The number of benzene rings is 14. The van der Waals surface area contributed by atoms with E-state index in [1.54, 1.807) is 0 Å². The Hall–Kier alpha value is -9.62. The van der Waals surface area contributed by atoms with Crippen molar-refractivity contribution >= 4 is 53.9 Å². The Bertz CT molecular complexity index is 4500. The Morgan fingerprint density at radius 1 is 0.182 bits per heavy atom. The number of rotatable bonds is 7. The Morgan fingerprint density at radius 2 is 0.506 bits per heavy atom.